The molecule has 1 saturated heterocycles. The fourth-order valence-corrected chi connectivity index (χ4v) is 4.15. The number of aromatic nitrogens is 3. The number of ether oxygens (including phenoxy) is 1. The van der Waals surface area contributed by atoms with Crippen molar-refractivity contribution < 1.29 is 22.7 Å². The number of halogens is 3. The lowest BCUT2D eigenvalue weighted by Gasteiger charge is -2.35. The first-order chi connectivity index (χ1) is 15.8. The molecule has 2 aliphatic heterocycles. The number of benzene rings is 1. The molecule has 1 N–H and O–H groups in total. The molecule has 0 bridgehead atoms. The molecule has 0 radical (unpaired) electrons. The monoisotopic (exact) mass is 464 g/mol. The number of carbonyl (C=O) groups is 1. The Morgan fingerprint density at radius 2 is 1.88 bits per heavy atom. The van der Waals surface area contributed by atoms with Crippen molar-refractivity contribution in [2.45, 2.75) is 51.1 Å². The summed E-state index contributed by atoms with van der Waals surface area (Å²) in [5.41, 5.74) is 1.22. The second-order valence-corrected chi connectivity index (χ2v) is 8.15. The van der Waals surface area contributed by atoms with Gasteiger partial charge in [0.15, 0.2) is 5.82 Å². The number of amides is 1. The molecular formula is C22H27F3N6O2. The second kappa shape index (κ2) is 9.80. The van der Waals surface area contributed by atoms with Gasteiger partial charge in [-0.1, -0.05) is 19.1 Å². The number of fused-ring (bicyclic) bond motifs is 1. The highest BCUT2D eigenvalue weighted by atomic mass is 19.4. The number of nitrogens with one attached hydrogen (secondary N) is 1. The Labute approximate surface area is 189 Å². The van der Waals surface area contributed by atoms with Crippen LogP contribution >= 0.6 is 0 Å². The third kappa shape index (κ3) is 5.45. The number of nitrogens with zero attached hydrogens (tertiary/aromatic N) is 5. The van der Waals surface area contributed by atoms with E-state index in [-0.39, 0.29) is 11.7 Å². The van der Waals surface area contributed by atoms with E-state index in [1.54, 1.807) is 6.92 Å². The van der Waals surface area contributed by atoms with Crippen molar-refractivity contribution in [1.29, 1.82) is 0 Å². The van der Waals surface area contributed by atoms with Gasteiger partial charge < -0.3 is 15.0 Å². The highest BCUT2D eigenvalue weighted by Gasteiger charge is 2.40. The van der Waals surface area contributed by atoms with Gasteiger partial charge in [-0.25, -0.2) is 0 Å². The number of hydrogen-bond donors (Lipinski definition) is 1. The SMILES string of the molecule is CCC(=O)NCCOc1ccc(C2CCN(C3=Nn4c(nnc4C(F)(F)F)CC3)CC2)cc1. The van der Waals surface area contributed by atoms with Crippen LogP contribution in [0.15, 0.2) is 29.4 Å². The maximum absolute atomic E-state index is 13.1. The zero-order valence-electron chi connectivity index (χ0n) is 18.4. The molecule has 3 heterocycles. The number of hydrogen-bond acceptors (Lipinski definition) is 6. The predicted octanol–water partition coefficient (Wildman–Crippen LogP) is 3.19. The van der Waals surface area contributed by atoms with Crippen LogP contribution in [-0.4, -0.2) is 57.8 Å². The molecule has 33 heavy (non-hydrogen) atoms. The van der Waals surface area contributed by atoms with Crippen molar-refractivity contribution in [2.24, 2.45) is 5.10 Å². The van der Waals surface area contributed by atoms with E-state index in [4.69, 9.17) is 4.74 Å². The van der Waals surface area contributed by atoms with Crippen molar-refractivity contribution in [3.05, 3.63) is 41.5 Å². The van der Waals surface area contributed by atoms with E-state index in [0.717, 1.165) is 36.4 Å². The van der Waals surface area contributed by atoms with Crippen molar-refractivity contribution in [3.63, 3.8) is 0 Å². The molecule has 1 aromatic heterocycles. The Kier molecular flexibility index (Phi) is 6.85. The van der Waals surface area contributed by atoms with Crippen LogP contribution in [0.3, 0.4) is 0 Å². The van der Waals surface area contributed by atoms with Gasteiger partial charge in [-0.15, -0.1) is 10.2 Å². The minimum Gasteiger partial charge on any atom is -0.492 e. The third-order valence-electron chi connectivity index (χ3n) is 5.97. The Morgan fingerprint density at radius 3 is 2.55 bits per heavy atom. The number of alkyl halides is 3. The van der Waals surface area contributed by atoms with E-state index in [0.29, 0.717) is 44.2 Å². The van der Waals surface area contributed by atoms with Crippen molar-refractivity contribution in [1.82, 2.24) is 25.1 Å². The van der Waals surface area contributed by atoms with Crippen LogP contribution in [0, 0.1) is 0 Å². The van der Waals surface area contributed by atoms with E-state index >= 15 is 0 Å². The van der Waals surface area contributed by atoms with Gasteiger partial charge in [0.25, 0.3) is 5.82 Å². The highest BCUT2D eigenvalue weighted by molar-refractivity contribution is 5.83. The van der Waals surface area contributed by atoms with Crippen LogP contribution in [0.1, 0.15) is 55.7 Å². The van der Waals surface area contributed by atoms with Crippen LogP contribution in [0.2, 0.25) is 0 Å². The number of carbonyl (C=O) groups excluding carboxylic acids is 1. The molecule has 0 aliphatic carbocycles. The molecule has 1 aromatic carbocycles. The Bertz CT molecular complexity index is 995. The summed E-state index contributed by atoms with van der Waals surface area (Å²) in [6.07, 6.45) is -1.38. The zero-order valence-corrected chi connectivity index (χ0v) is 18.4. The van der Waals surface area contributed by atoms with E-state index < -0.39 is 12.0 Å². The van der Waals surface area contributed by atoms with Gasteiger partial charge in [-0.2, -0.15) is 22.9 Å². The lowest BCUT2D eigenvalue weighted by atomic mass is 9.89. The molecule has 2 aliphatic rings. The smallest absolute Gasteiger partial charge is 0.453 e. The fourth-order valence-electron chi connectivity index (χ4n) is 4.15. The topological polar surface area (TPSA) is 84.6 Å². The van der Waals surface area contributed by atoms with Crippen LogP contribution in [0.5, 0.6) is 5.75 Å². The van der Waals surface area contributed by atoms with Crippen molar-refractivity contribution >= 4 is 11.7 Å². The normalized spacial score (nSPS) is 16.8. The van der Waals surface area contributed by atoms with Gasteiger partial charge >= 0.3 is 6.18 Å². The molecule has 0 unspecified atom stereocenters. The molecule has 0 spiro atoms. The quantitative estimate of drug-likeness (QED) is 0.664. The lowest BCUT2D eigenvalue weighted by Crippen LogP contribution is -2.40. The molecular weight excluding hydrogens is 437 g/mol. The predicted molar refractivity (Wildman–Crippen MR) is 115 cm³/mol. The first kappa shape index (κ1) is 23.1. The van der Waals surface area contributed by atoms with Gasteiger partial charge in [0.1, 0.15) is 18.2 Å². The summed E-state index contributed by atoms with van der Waals surface area (Å²) >= 11 is 0. The molecule has 1 amide bonds. The molecule has 11 heteroatoms. The van der Waals surface area contributed by atoms with Gasteiger partial charge in [-0.3, -0.25) is 4.79 Å². The zero-order chi connectivity index (χ0) is 23.4. The summed E-state index contributed by atoms with van der Waals surface area (Å²) in [6.45, 7) is 4.15. The van der Waals surface area contributed by atoms with E-state index in [1.165, 1.54) is 5.56 Å². The maximum Gasteiger partial charge on any atom is 0.453 e. The molecule has 0 atom stereocenters. The standard InChI is InChI=1S/C22H27F3N6O2/c1-2-20(32)26-11-14-33-17-5-3-15(4-6-17)16-9-12-30(13-10-16)19-8-7-18-27-28-21(22(23,24)25)31(18)29-19/h3-6,16H,2,7-14H2,1H3,(H,26,32). The summed E-state index contributed by atoms with van der Waals surface area (Å²) in [4.78, 5) is 13.3. The number of amidine groups is 1. The van der Waals surface area contributed by atoms with Gasteiger partial charge in [0.2, 0.25) is 5.91 Å². The number of aryl methyl sites for hydroxylation is 1. The van der Waals surface area contributed by atoms with Crippen LogP contribution < -0.4 is 10.1 Å². The lowest BCUT2D eigenvalue weighted by molar-refractivity contribution is -0.147. The molecule has 1 fully saturated rings. The summed E-state index contributed by atoms with van der Waals surface area (Å²) in [7, 11) is 0. The Morgan fingerprint density at radius 1 is 1.15 bits per heavy atom. The minimum atomic E-state index is -4.58. The number of rotatable bonds is 6. The van der Waals surface area contributed by atoms with Gasteiger partial charge in [0, 0.05) is 32.4 Å². The average Bonchev–Trinajstić information content (AvgIpc) is 3.26. The largest absolute Gasteiger partial charge is 0.492 e. The third-order valence-corrected chi connectivity index (χ3v) is 5.97. The van der Waals surface area contributed by atoms with Crippen molar-refractivity contribution in [3.8, 4) is 5.75 Å². The van der Waals surface area contributed by atoms with Gasteiger partial charge in [-0.05, 0) is 36.5 Å². The van der Waals surface area contributed by atoms with Crippen LogP contribution in [-0.2, 0) is 17.4 Å². The Balaban J connectivity index is 1.30. The van der Waals surface area contributed by atoms with E-state index in [9.17, 15) is 18.0 Å². The maximum atomic E-state index is 13.1. The highest BCUT2D eigenvalue weighted by Crippen LogP contribution is 2.32. The number of piperidine rings is 1. The average molecular weight is 464 g/mol. The summed E-state index contributed by atoms with van der Waals surface area (Å²) in [5, 5.41) is 13.9. The van der Waals surface area contributed by atoms with Gasteiger partial charge in [0.05, 0.1) is 6.54 Å². The van der Waals surface area contributed by atoms with Crippen molar-refractivity contribution in [2.75, 3.05) is 26.2 Å². The number of likely N-dealkylation sites (tertiary alicyclic amines) is 1. The van der Waals surface area contributed by atoms with Crippen LogP contribution in [0.4, 0.5) is 13.2 Å². The first-order valence-corrected chi connectivity index (χ1v) is 11.2. The first-order valence-electron chi connectivity index (χ1n) is 11.2. The van der Waals surface area contributed by atoms with E-state index in [2.05, 4.69) is 37.6 Å². The molecule has 178 valence electrons. The summed E-state index contributed by atoms with van der Waals surface area (Å²) in [5.74, 6) is 0.964. The molecule has 0 saturated carbocycles. The summed E-state index contributed by atoms with van der Waals surface area (Å²) in [6, 6.07) is 7.97. The second-order valence-electron chi connectivity index (χ2n) is 8.15. The molecule has 2 aromatic rings. The fraction of sp³-hybridized carbons (Fsp3) is 0.545. The molecule has 8 nitrogen and oxygen atoms in total. The van der Waals surface area contributed by atoms with Crippen LogP contribution in [0.25, 0.3) is 0 Å². The molecule has 4 rings (SSSR count). The Hall–Kier alpha value is -3.11. The van der Waals surface area contributed by atoms with E-state index in [1.807, 2.05) is 12.1 Å². The minimum absolute atomic E-state index is 0.00223. The summed E-state index contributed by atoms with van der Waals surface area (Å²) < 4.78 is 46.0.